The summed E-state index contributed by atoms with van der Waals surface area (Å²) in [5.41, 5.74) is 1.59. The van der Waals surface area contributed by atoms with Gasteiger partial charge in [0.15, 0.2) is 6.61 Å². The maximum atomic E-state index is 12.1. The smallest absolute Gasteiger partial charge is 0.321 e. The number of benzene rings is 2. The number of nitrogens with zero attached hydrogens (tertiary/aromatic N) is 2. The Hall–Kier alpha value is -2.75. The van der Waals surface area contributed by atoms with Crippen LogP contribution >= 0.6 is 11.6 Å². The molecule has 0 aliphatic heterocycles. The molecular formula is C18H16ClN3O5S. The first-order chi connectivity index (χ1) is 13.3. The van der Waals surface area contributed by atoms with Crippen LogP contribution in [0.4, 0.5) is 0 Å². The summed E-state index contributed by atoms with van der Waals surface area (Å²) < 4.78 is 36.8. The Kier molecular flexibility index (Phi) is 6.08. The Labute approximate surface area is 166 Å². The average Bonchev–Trinajstić information content (AvgIpc) is 3.15. The van der Waals surface area contributed by atoms with Crippen LogP contribution in [0.3, 0.4) is 0 Å². The molecule has 0 saturated carbocycles. The van der Waals surface area contributed by atoms with E-state index in [4.69, 9.17) is 20.8 Å². The monoisotopic (exact) mass is 421 g/mol. The summed E-state index contributed by atoms with van der Waals surface area (Å²) >= 11 is 5.82. The van der Waals surface area contributed by atoms with E-state index in [0.717, 1.165) is 5.56 Å². The molecule has 146 valence electrons. The van der Waals surface area contributed by atoms with Crippen LogP contribution in [-0.2, 0) is 26.2 Å². The fraction of sp³-hybridized carbons (Fsp3) is 0.167. The second-order valence-electron chi connectivity index (χ2n) is 5.81. The number of ether oxygens (including phenoxy) is 1. The zero-order valence-electron chi connectivity index (χ0n) is 14.8. The molecule has 10 heteroatoms. The Bertz CT molecular complexity index is 1060. The van der Waals surface area contributed by atoms with E-state index in [1.54, 1.807) is 36.4 Å². The van der Waals surface area contributed by atoms with Gasteiger partial charge in [-0.15, -0.1) is 10.2 Å². The maximum absolute atomic E-state index is 12.1. The molecule has 1 aromatic heterocycles. The highest BCUT2D eigenvalue weighted by Gasteiger charge is 2.17. The largest absolute Gasteiger partial charge is 0.455 e. The van der Waals surface area contributed by atoms with E-state index in [1.807, 2.05) is 6.92 Å². The van der Waals surface area contributed by atoms with Gasteiger partial charge in [0.1, 0.15) is 6.54 Å². The Morgan fingerprint density at radius 3 is 2.46 bits per heavy atom. The lowest BCUT2D eigenvalue weighted by molar-refractivity contribution is -0.144. The number of hydrogen-bond acceptors (Lipinski definition) is 7. The summed E-state index contributed by atoms with van der Waals surface area (Å²) in [6.07, 6.45) is 0. The van der Waals surface area contributed by atoms with Gasteiger partial charge in [0.25, 0.3) is 5.89 Å². The third kappa shape index (κ3) is 5.16. The van der Waals surface area contributed by atoms with Gasteiger partial charge in [-0.1, -0.05) is 29.3 Å². The molecule has 1 N–H and O–H groups in total. The molecule has 0 aliphatic carbocycles. The molecule has 28 heavy (non-hydrogen) atoms. The van der Waals surface area contributed by atoms with E-state index >= 15 is 0 Å². The molecule has 2 aromatic carbocycles. The van der Waals surface area contributed by atoms with Crippen LogP contribution in [0.25, 0.3) is 11.5 Å². The molecule has 0 amide bonds. The van der Waals surface area contributed by atoms with Gasteiger partial charge in [-0.05, 0) is 43.3 Å². The van der Waals surface area contributed by atoms with Gasteiger partial charge in [-0.2, -0.15) is 4.72 Å². The lowest BCUT2D eigenvalue weighted by Crippen LogP contribution is -2.30. The van der Waals surface area contributed by atoms with Gasteiger partial charge in [-0.25, -0.2) is 8.42 Å². The zero-order valence-corrected chi connectivity index (χ0v) is 16.3. The molecule has 0 unspecified atom stereocenters. The number of carbonyl (C=O) groups excluding carboxylic acids is 1. The van der Waals surface area contributed by atoms with E-state index in [2.05, 4.69) is 14.9 Å². The summed E-state index contributed by atoms with van der Waals surface area (Å²) in [6, 6.07) is 13.0. The highest BCUT2D eigenvalue weighted by atomic mass is 35.5. The summed E-state index contributed by atoms with van der Waals surface area (Å²) in [5.74, 6) is -0.440. The first-order valence-corrected chi connectivity index (χ1v) is 10.00. The quantitative estimate of drug-likeness (QED) is 0.583. The number of rotatable bonds is 7. The van der Waals surface area contributed by atoms with Crippen molar-refractivity contribution in [2.75, 3.05) is 6.54 Å². The lowest BCUT2D eigenvalue weighted by atomic mass is 10.2. The topological polar surface area (TPSA) is 111 Å². The molecule has 1 heterocycles. The highest BCUT2D eigenvalue weighted by molar-refractivity contribution is 7.89. The maximum Gasteiger partial charge on any atom is 0.321 e. The van der Waals surface area contributed by atoms with Crippen molar-refractivity contribution < 1.29 is 22.4 Å². The van der Waals surface area contributed by atoms with Crippen molar-refractivity contribution in [3.63, 3.8) is 0 Å². The van der Waals surface area contributed by atoms with E-state index in [0.29, 0.717) is 10.6 Å². The average molecular weight is 422 g/mol. The lowest BCUT2D eigenvalue weighted by Gasteiger charge is -2.06. The minimum Gasteiger partial charge on any atom is -0.455 e. The van der Waals surface area contributed by atoms with Gasteiger partial charge in [0.2, 0.25) is 15.9 Å². The van der Waals surface area contributed by atoms with Crippen molar-refractivity contribution in [1.29, 1.82) is 0 Å². The summed E-state index contributed by atoms with van der Waals surface area (Å²) in [5, 5.41) is 8.22. The predicted octanol–water partition coefficient (Wildman–Crippen LogP) is 2.72. The molecule has 3 aromatic rings. The van der Waals surface area contributed by atoms with E-state index < -0.39 is 22.5 Å². The van der Waals surface area contributed by atoms with Gasteiger partial charge in [0, 0.05) is 10.6 Å². The standard InChI is InChI=1S/C18H16ClN3O5S/c1-12-2-8-15(9-3-12)28(24,25)20-10-17(23)26-11-16-21-22-18(27-16)13-4-6-14(19)7-5-13/h2-9,20H,10-11H2,1H3. The number of sulfonamides is 1. The molecule has 0 fully saturated rings. The van der Waals surface area contributed by atoms with Gasteiger partial charge < -0.3 is 9.15 Å². The number of esters is 1. The molecule has 8 nitrogen and oxygen atoms in total. The molecule has 0 bridgehead atoms. The SMILES string of the molecule is Cc1ccc(S(=O)(=O)NCC(=O)OCc2nnc(-c3ccc(Cl)cc3)o2)cc1. The normalized spacial score (nSPS) is 11.4. The molecule has 0 spiro atoms. The van der Waals surface area contributed by atoms with Crippen molar-refractivity contribution >= 4 is 27.6 Å². The molecule has 0 aliphatic rings. The number of halogens is 1. The minimum absolute atomic E-state index is 0.0652. The molecule has 3 rings (SSSR count). The number of aryl methyl sites for hydroxylation is 1. The Morgan fingerprint density at radius 1 is 1.11 bits per heavy atom. The van der Waals surface area contributed by atoms with Crippen LogP contribution in [0.15, 0.2) is 57.8 Å². The second kappa shape index (κ2) is 8.51. The van der Waals surface area contributed by atoms with Crippen molar-refractivity contribution in [1.82, 2.24) is 14.9 Å². The first-order valence-electron chi connectivity index (χ1n) is 8.14. The fourth-order valence-electron chi connectivity index (χ4n) is 2.17. The van der Waals surface area contributed by atoms with Crippen LogP contribution in [-0.4, -0.2) is 31.1 Å². The van der Waals surface area contributed by atoms with E-state index in [9.17, 15) is 13.2 Å². The molecule has 0 atom stereocenters. The van der Waals surface area contributed by atoms with Crippen LogP contribution < -0.4 is 4.72 Å². The number of hydrogen-bond donors (Lipinski definition) is 1. The summed E-state index contributed by atoms with van der Waals surface area (Å²) in [6.45, 7) is 1.05. The Morgan fingerprint density at radius 2 is 1.79 bits per heavy atom. The van der Waals surface area contributed by atoms with Crippen molar-refractivity contribution in [3.05, 3.63) is 65.0 Å². The zero-order chi connectivity index (χ0) is 20.1. The first kappa shape index (κ1) is 20.0. The highest BCUT2D eigenvalue weighted by Crippen LogP contribution is 2.20. The Balaban J connectivity index is 1.52. The number of nitrogens with one attached hydrogen (secondary N) is 1. The van der Waals surface area contributed by atoms with Crippen LogP contribution in [0.1, 0.15) is 11.5 Å². The second-order valence-corrected chi connectivity index (χ2v) is 8.01. The van der Waals surface area contributed by atoms with Gasteiger partial charge in [0.05, 0.1) is 4.90 Å². The third-order valence-electron chi connectivity index (χ3n) is 3.65. The van der Waals surface area contributed by atoms with E-state index in [-0.39, 0.29) is 23.3 Å². The molecular weight excluding hydrogens is 406 g/mol. The van der Waals surface area contributed by atoms with Gasteiger partial charge >= 0.3 is 5.97 Å². The molecule has 0 saturated heterocycles. The van der Waals surface area contributed by atoms with Crippen LogP contribution in [0.2, 0.25) is 5.02 Å². The summed E-state index contributed by atoms with van der Waals surface area (Å²) in [4.78, 5) is 11.9. The van der Waals surface area contributed by atoms with Gasteiger partial charge in [-0.3, -0.25) is 4.79 Å². The van der Waals surface area contributed by atoms with Crippen molar-refractivity contribution in [3.8, 4) is 11.5 Å². The number of aromatic nitrogens is 2. The predicted molar refractivity (Wildman–Crippen MR) is 101 cm³/mol. The minimum atomic E-state index is -3.80. The fourth-order valence-corrected chi connectivity index (χ4v) is 3.26. The van der Waals surface area contributed by atoms with Crippen LogP contribution in [0, 0.1) is 6.92 Å². The summed E-state index contributed by atoms with van der Waals surface area (Å²) in [7, 11) is -3.80. The third-order valence-corrected chi connectivity index (χ3v) is 5.32. The van der Waals surface area contributed by atoms with Crippen molar-refractivity contribution in [2.45, 2.75) is 18.4 Å². The van der Waals surface area contributed by atoms with Crippen LogP contribution in [0.5, 0.6) is 0 Å². The number of carbonyl (C=O) groups is 1. The van der Waals surface area contributed by atoms with E-state index in [1.165, 1.54) is 12.1 Å². The van der Waals surface area contributed by atoms with Crippen molar-refractivity contribution in [2.24, 2.45) is 0 Å². The molecule has 0 radical (unpaired) electrons.